The highest BCUT2D eigenvalue weighted by Crippen LogP contribution is 2.59. The molecule has 1 saturated carbocycles. The second-order valence-electron chi connectivity index (χ2n) is 6.50. The van der Waals surface area contributed by atoms with Gasteiger partial charge in [-0.3, -0.25) is 4.79 Å². The lowest BCUT2D eigenvalue weighted by Crippen LogP contribution is -2.26. The second-order valence-corrected chi connectivity index (χ2v) is 6.50. The van der Waals surface area contributed by atoms with E-state index in [1.54, 1.807) is 19.4 Å². The van der Waals surface area contributed by atoms with Crippen LogP contribution < -0.4 is 10.1 Å². The third-order valence-electron chi connectivity index (χ3n) is 4.18. The van der Waals surface area contributed by atoms with Crippen molar-refractivity contribution in [3.8, 4) is 5.88 Å². The zero-order valence-corrected chi connectivity index (χ0v) is 13.4. The van der Waals surface area contributed by atoms with Gasteiger partial charge in [-0.15, -0.1) is 0 Å². The quantitative estimate of drug-likeness (QED) is 0.848. The Balaban J connectivity index is 1.92. The van der Waals surface area contributed by atoms with Gasteiger partial charge in [-0.25, -0.2) is 4.98 Å². The van der Waals surface area contributed by atoms with Crippen molar-refractivity contribution in [1.82, 2.24) is 10.3 Å². The van der Waals surface area contributed by atoms with Crippen LogP contribution in [0.1, 0.15) is 33.3 Å². The summed E-state index contributed by atoms with van der Waals surface area (Å²) < 4.78 is 5.02. The summed E-state index contributed by atoms with van der Waals surface area (Å²) in [5, 5.41) is 3.01. The first kappa shape index (κ1) is 15.5. The Labute approximate surface area is 126 Å². The number of pyridine rings is 1. The van der Waals surface area contributed by atoms with Gasteiger partial charge in [-0.1, -0.05) is 31.6 Å². The first-order chi connectivity index (χ1) is 9.86. The minimum atomic E-state index is 0.0551. The van der Waals surface area contributed by atoms with Crippen LogP contribution in [0.2, 0.25) is 0 Å². The van der Waals surface area contributed by atoms with E-state index in [0.717, 1.165) is 5.56 Å². The number of hydrogen-bond acceptors (Lipinski definition) is 3. The van der Waals surface area contributed by atoms with Crippen molar-refractivity contribution >= 4 is 5.91 Å². The number of methoxy groups -OCH3 is 1. The Morgan fingerprint density at radius 3 is 2.67 bits per heavy atom. The molecule has 1 aliphatic rings. The highest BCUT2D eigenvalue weighted by atomic mass is 16.5. The summed E-state index contributed by atoms with van der Waals surface area (Å²) in [5.41, 5.74) is 2.29. The Bertz CT molecular complexity index is 542. The van der Waals surface area contributed by atoms with Crippen molar-refractivity contribution in [1.29, 1.82) is 0 Å². The molecular weight excluding hydrogens is 264 g/mol. The average molecular weight is 288 g/mol. The van der Waals surface area contributed by atoms with Crippen LogP contribution in [-0.4, -0.2) is 18.0 Å². The fraction of sp³-hybridized carbons (Fsp3) is 0.529. The fourth-order valence-electron chi connectivity index (χ4n) is 2.78. The first-order valence-electron chi connectivity index (χ1n) is 7.28. The molecule has 1 aliphatic carbocycles. The lowest BCUT2D eigenvalue weighted by Gasteiger charge is -2.06. The van der Waals surface area contributed by atoms with E-state index >= 15 is 0 Å². The molecule has 4 heteroatoms. The van der Waals surface area contributed by atoms with E-state index in [4.69, 9.17) is 4.74 Å². The Kier molecular flexibility index (Phi) is 4.35. The van der Waals surface area contributed by atoms with Gasteiger partial charge >= 0.3 is 0 Å². The van der Waals surface area contributed by atoms with Crippen LogP contribution in [0, 0.1) is 17.3 Å². The molecule has 1 heterocycles. The van der Waals surface area contributed by atoms with E-state index in [2.05, 4.69) is 44.1 Å². The van der Waals surface area contributed by atoms with Gasteiger partial charge in [-0.2, -0.15) is 0 Å². The third-order valence-corrected chi connectivity index (χ3v) is 4.18. The Hall–Kier alpha value is -1.84. The zero-order chi connectivity index (χ0) is 15.6. The SMILES string of the molecule is COc1ccc(CNC(=O)[C@@H]2[C@@H](C=C(C)C)C2(C)C)cn1. The van der Waals surface area contributed by atoms with Crippen LogP contribution in [0.25, 0.3) is 0 Å². The van der Waals surface area contributed by atoms with Crippen molar-refractivity contribution in [2.45, 2.75) is 34.2 Å². The number of nitrogens with zero attached hydrogens (tertiary/aromatic N) is 1. The number of nitrogens with one attached hydrogen (secondary N) is 1. The molecule has 0 saturated heterocycles. The molecule has 0 radical (unpaired) electrons. The fourth-order valence-corrected chi connectivity index (χ4v) is 2.78. The summed E-state index contributed by atoms with van der Waals surface area (Å²) in [6, 6.07) is 3.71. The lowest BCUT2D eigenvalue weighted by molar-refractivity contribution is -0.123. The van der Waals surface area contributed by atoms with Crippen LogP contribution in [0.15, 0.2) is 30.0 Å². The van der Waals surface area contributed by atoms with Crippen LogP contribution >= 0.6 is 0 Å². The summed E-state index contributed by atoms with van der Waals surface area (Å²) in [6.07, 6.45) is 3.93. The normalized spacial score (nSPS) is 22.3. The van der Waals surface area contributed by atoms with Gasteiger partial charge in [0.25, 0.3) is 0 Å². The molecule has 2 rings (SSSR count). The van der Waals surface area contributed by atoms with Gasteiger partial charge in [-0.05, 0) is 30.7 Å². The lowest BCUT2D eigenvalue weighted by atomic mass is 10.1. The average Bonchev–Trinajstić information content (AvgIpc) is 2.97. The van der Waals surface area contributed by atoms with E-state index in [0.29, 0.717) is 18.3 Å². The highest BCUT2D eigenvalue weighted by Gasteiger charge is 2.60. The van der Waals surface area contributed by atoms with Gasteiger partial charge in [0.1, 0.15) is 0 Å². The monoisotopic (exact) mass is 288 g/mol. The van der Waals surface area contributed by atoms with Gasteiger partial charge in [0.15, 0.2) is 0 Å². The molecule has 1 N–H and O–H groups in total. The minimum Gasteiger partial charge on any atom is -0.481 e. The molecule has 1 aromatic heterocycles. The maximum absolute atomic E-state index is 12.3. The van der Waals surface area contributed by atoms with Crippen LogP contribution in [0.5, 0.6) is 5.88 Å². The number of amides is 1. The van der Waals surface area contributed by atoms with Gasteiger partial charge in [0.05, 0.1) is 13.0 Å². The molecule has 0 bridgehead atoms. The molecule has 0 aromatic carbocycles. The van der Waals surface area contributed by atoms with E-state index < -0.39 is 0 Å². The number of ether oxygens (including phenoxy) is 1. The summed E-state index contributed by atoms with van der Waals surface area (Å²) in [4.78, 5) is 16.5. The molecule has 2 atom stereocenters. The first-order valence-corrected chi connectivity index (χ1v) is 7.28. The van der Waals surface area contributed by atoms with Gasteiger partial charge in [0.2, 0.25) is 11.8 Å². The van der Waals surface area contributed by atoms with Crippen molar-refractivity contribution < 1.29 is 9.53 Å². The molecule has 1 aromatic rings. The molecule has 1 amide bonds. The van der Waals surface area contributed by atoms with E-state index in [9.17, 15) is 4.79 Å². The summed E-state index contributed by atoms with van der Waals surface area (Å²) in [5.74, 6) is 1.12. The molecular formula is C17H24N2O2. The minimum absolute atomic E-state index is 0.0551. The topological polar surface area (TPSA) is 51.2 Å². The number of rotatable bonds is 5. The standard InChI is InChI=1S/C17H24N2O2/c1-11(2)8-13-15(17(13,3)4)16(20)19-10-12-6-7-14(21-5)18-9-12/h6-9,13,15H,10H2,1-5H3,(H,19,20)/t13-,15+/m1/s1. The Morgan fingerprint density at radius 1 is 1.43 bits per heavy atom. The van der Waals surface area contributed by atoms with Crippen molar-refractivity contribution in [3.63, 3.8) is 0 Å². The van der Waals surface area contributed by atoms with Crippen LogP contribution in [-0.2, 0) is 11.3 Å². The maximum atomic E-state index is 12.3. The molecule has 0 unspecified atom stereocenters. The largest absolute Gasteiger partial charge is 0.481 e. The zero-order valence-electron chi connectivity index (χ0n) is 13.4. The van der Waals surface area contributed by atoms with Gasteiger partial charge < -0.3 is 10.1 Å². The predicted molar refractivity (Wildman–Crippen MR) is 82.8 cm³/mol. The van der Waals surface area contributed by atoms with Crippen molar-refractivity contribution in [2.24, 2.45) is 17.3 Å². The molecule has 1 fully saturated rings. The predicted octanol–water partition coefficient (Wildman–Crippen LogP) is 2.94. The van der Waals surface area contributed by atoms with Crippen LogP contribution in [0.4, 0.5) is 0 Å². The van der Waals surface area contributed by atoms with E-state index in [1.165, 1.54) is 5.57 Å². The van der Waals surface area contributed by atoms with Crippen LogP contribution in [0.3, 0.4) is 0 Å². The van der Waals surface area contributed by atoms with Crippen molar-refractivity contribution in [3.05, 3.63) is 35.5 Å². The maximum Gasteiger partial charge on any atom is 0.224 e. The molecule has 4 nitrogen and oxygen atoms in total. The number of carbonyl (C=O) groups excluding carboxylic acids is 1. The smallest absolute Gasteiger partial charge is 0.224 e. The highest BCUT2D eigenvalue weighted by molar-refractivity contribution is 5.83. The summed E-state index contributed by atoms with van der Waals surface area (Å²) >= 11 is 0. The Morgan fingerprint density at radius 2 is 2.14 bits per heavy atom. The number of allylic oxidation sites excluding steroid dienone is 2. The molecule has 0 spiro atoms. The number of hydrogen-bond donors (Lipinski definition) is 1. The van der Waals surface area contributed by atoms with E-state index in [1.807, 2.05) is 6.07 Å². The summed E-state index contributed by atoms with van der Waals surface area (Å²) in [7, 11) is 1.59. The molecule has 21 heavy (non-hydrogen) atoms. The second kappa shape index (κ2) is 5.88. The molecule has 0 aliphatic heterocycles. The van der Waals surface area contributed by atoms with Gasteiger partial charge in [0, 0.05) is 18.8 Å². The van der Waals surface area contributed by atoms with Crippen molar-refractivity contribution in [2.75, 3.05) is 7.11 Å². The number of aromatic nitrogens is 1. The molecule has 114 valence electrons. The van der Waals surface area contributed by atoms with E-state index in [-0.39, 0.29) is 17.2 Å². The number of carbonyl (C=O) groups is 1. The third kappa shape index (κ3) is 3.43. The summed E-state index contributed by atoms with van der Waals surface area (Å²) in [6.45, 7) is 8.95.